The number of ether oxygens (including phenoxy) is 2. The van der Waals surface area contributed by atoms with E-state index in [4.69, 9.17) is 26.8 Å². The average Bonchev–Trinajstić information content (AvgIpc) is 3.32. The third-order valence-electron chi connectivity index (χ3n) is 8.36. The first-order valence-electron chi connectivity index (χ1n) is 15.2. The van der Waals surface area contributed by atoms with Crippen LogP contribution in [-0.4, -0.2) is 80.1 Å². The van der Waals surface area contributed by atoms with E-state index in [0.29, 0.717) is 71.6 Å². The molecule has 11 nitrogen and oxygen atoms in total. The average molecular weight is 635 g/mol. The highest BCUT2D eigenvalue weighted by molar-refractivity contribution is 6.29. The van der Waals surface area contributed by atoms with E-state index in [0.717, 1.165) is 31.4 Å². The van der Waals surface area contributed by atoms with Crippen molar-refractivity contribution in [3.05, 3.63) is 76.6 Å². The summed E-state index contributed by atoms with van der Waals surface area (Å²) >= 11 is 5.90. The van der Waals surface area contributed by atoms with Crippen LogP contribution >= 0.6 is 11.6 Å². The third-order valence-corrected chi connectivity index (χ3v) is 8.58. The summed E-state index contributed by atoms with van der Waals surface area (Å²) in [7, 11) is 3.04. The summed E-state index contributed by atoms with van der Waals surface area (Å²) in [5, 5.41) is 6.49. The molecule has 1 aliphatic heterocycles. The molecule has 0 bridgehead atoms. The van der Waals surface area contributed by atoms with Crippen LogP contribution in [0.1, 0.15) is 63.2 Å². The molecule has 1 saturated heterocycles. The molecule has 45 heavy (non-hydrogen) atoms. The Labute approximate surface area is 268 Å². The van der Waals surface area contributed by atoms with E-state index in [1.54, 1.807) is 47.4 Å². The molecule has 3 amide bonds. The second-order valence-electron chi connectivity index (χ2n) is 11.3. The number of anilines is 2. The number of pyridine rings is 1. The molecule has 0 spiro atoms. The maximum atomic E-state index is 13.5. The van der Waals surface area contributed by atoms with Gasteiger partial charge >= 0.3 is 0 Å². The number of nitrogens with one attached hydrogen (secondary N) is 2. The number of amides is 3. The van der Waals surface area contributed by atoms with Gasteiger partial charge in [-0.1, -0.05) is 11.6 Å². The standard InChI is InChI=1S/C33H39ClN6O5/c1-44-28-12-5-22(19-29(28)45-2)32(42)38-26-18-21(31(41)37-25-9-7-24(35)8-10-25)4-11-27(26)39-14-3-15-40(17-16-39)33(43)23-6-13-30(34)36-20-23/h4-6,11-13,18-20,24-25H,3,7-10,14-17,35H2,1-2H3,(H,37,41)(H,38,42). The number of benzene rings is 2. The van der Waals surface area contributed by atoms with E-state index < -0.39 is 0 Å². The van der Waals surface area contributed by atoms with Gasteiger partial charge in [-0.15, -0.1) is 0 Å². The number of halogens is 1. The largest absolute Gasteiger partial charge is 0.493 e. The first kappa shape index (κ1) is 32.1. The summed E-state index contributed by atoms with van der Waals surface area (Å²) in [6.07, 6.45) is 5.62. The van der Waals surface area contributed by atoms with Gasteiger partial charge in [-0.05, 0) is 80.6 Å². The lowest BCUT2D eigenvalue weighted by atomic mass is 9.91. The van der Waals surface area contributed by atoms with Gasteiger partial charge in [0, 0.05) is 55.6 Å². The normalized spacial score (nSPS) is 18.5. The van der Waals surface area contributed by atoms with Crippen LogP contribution in [-0.2, 0) is 0 Å². The van der Waals surface area contributed by atoms with Gasteiger partial charge in [0.15, 0.2) is 11.5 Å². The van der Waals surface area contributed by atoms with Gasteiger partial charge in [-0.3, -0.25) is 14.4 Å². The fourth-order valence-corrected chi connectivity index (χ4v) is 5.92. The Morgan fingerprint density at radius 2 is 1.56 bits per heavy atom. The lowest BCUT2D eigenvalue weighted by molar-refractivity contribution is 0.0766. The van der Waals surface area contributed by atoms with Crippen molar-refractivity contribution in [1.29, 1.82) is 0 Å². The molecule has 12 heteroatoms. The summed E-state index contributed by atoms with van der Waals surface area (Å²) in [6.45, 7) is 2.21. The van der Waals surface area contributed by atoms with Crippen LogP contribution in [0.2, 0.25) is 5.15 Å². The molecule has 0 unspecified atom stereocenters. The van der Waals surface area contributed by atoms with Crippen LogP contribution in [0.4, 0.5) is 11.4 Å². The van der Waals surface area contributed by atoms with Crippen molar-refractivity contribution < 1.29 is 23.9 Å². The summed E-state index contributed by atoms with van der Waals surface area (Å²) in [5.74, 6) is 0.262. The van der Waals surface area contributed by atoms with Gasteiger partial charge in [0.25, 0.3) is 17.7 Å². The minimum absolute atomic E-state index is 0.0618. The third kappa shape index (κ3) is 7.84. The van der Waals surface area contributed by atoms with E-state index in [1.807, 2.05) is 6.07 Å². The topological polar surface area (TPSA) is 139 Å². The van der Waals surface area contributed by atoms with Crippen LogP contribution in [0, 0.1) is 0 Å². The van der Waals surface area contributed by atoms with Crippen molar-refractivity contribution >= 4 is 40.7 Å². The summed E-state index contributed by atoms with van der Waals surface area (Å²) in [6, 6.07) is 13.8. The predicted molar refractivity (Wildman–Crippen MR) is 174 cm³/mol. The van der Waals surface area contributed by atoms with Crippen molar-refractivity contribution in [1.82, 2.24) is 15.2 Å². The molecule has 3 aromatic rings. The lowest BCUT2D eigenvalue weighted by Gasteiger charge is -2.28. The van der Waals surface area contributed by atoms with Crippen LogP contribution in [0.3, 0.4) is 0 Å². The summed E-state index contributed by atoms with van der Waals surface area (Å²) < 4.78 is 10.7. The molecule has 4 N–H and O–H groups in total. The quantitative estimate of drug-likeness (QED) is 0.311. The zero-order chi connectivity index (χ0) is 31.9. The second kappa shape index (κ2) is 14.6. The van der Waals surface area contributed by atoms with E-state index in [-0.39, 0.29) is 29.8 Å². The van der Waals surface area contributed by atoms with Crippen molar-refractivity contribution in [2.75, 3.05) is 50.6 Å². The number of hydrogen-bond donors (Lipinski definition) is 3. The van der Waals surface area contributed by atoms with Crippen molar-refractivity contribution in [3.63, 3.8) is 0 Å². The predicted octanol–water partition coefficient (Wildman–Crippen LogP) is 4.36. The maximum Gasteiger partial charge on any atom is 0.255 e. The summed E-state index contributed by atoms with van der Waals surface area (Å²) in [5.41, 5.74) is 8.59. The molecule has 5 rings (SSSR count). The van der Waals surface area contributed by atoms with Gasteiger partial charge in [0.2, 0.25) is 0 Å². The first-order chi connectivity index (χ1) is 21.7. The number of carbonyl (C=O) groups is 3. The number of nitrogens with zero attached hydrogens (tertiary/aromatic N) is 3. The molecular formula is C33H39ClN6O5. The molecule has 1 aliphatic carbocycles. The van der Waals surface area contributed by atoms with E-state index >= 15 is 0 Å². The Balaban J connectivity index is 1.38. The molecule has 2 heterocycles. The number of rotatable bonds is 8. The van der Waals surface area contributed by atoms with E-state index in [1.165, 1.54) is 20.4 Å². The van der Waals surface area contributed by atoms with E-state index in [9.17, 15) is 14.4 Å². The Morgan fingerprint density at radius 3 is 2.27 bits per heavy atom. The molecule has 0 radical (unpaired) electrons. The van der Waals surface area contributed by atoms with Gasteiger partial charge in [-0.2, -0.15) is 0 Å². The van der Waals surface area contributed by atoms with Crippen LogP contribution in [0.5, 0.6) is 11.5 Å². The Bertz CT molecular complexity index is 1530. The highest BCUT2D eigenvalue weighted by atomic mass is 35.5. The van der Waals surface area contributed by atoms with E-state index in [2.05, 4.69) is 20.5 Å². The Morgan fingerprint density at radius 1 is 0.844 bits per heavy atom. The number of aromatic nitrogens is 1. The SMILES string of the molecule is COc1ccc(C(=O)Nc2cc(C(=O)NC3CCC(N)CC3)ccc2N2CCCN(C(=O)c3ccc(Cl)nc3)CC2)cc1OC. The molecule has 2 aromatic carbocycles. The van der Waals surface area contributed by atoms with Crippen LogP contribution < -0.4 is 30.7 Å². The van der Waals surface area contributed by atoms with Crippen molar-refractivity contribution in [2.24, 2.45) is 5.73 Å². The smallest absolute Gasteiger partial charge is 0.255 e. The molecular weight excluding hydrogens is 596 g/mol. The summed E-state index contributed by atoms with van der Waals surface area (Å²) in [4.78, 5) is 48.0. The molecule has 0 atom stereocenters. The molecule has 238 valence electrons. The molecule has 2 fully saturated rings. The van der Waals surface area contributed by atoms with Crippen molar-refractivity contribution in [2.45, 2.75) is 44.2 Å². The monoisotopic (exact) mass is 634 g/mol. The van der Waals surface area contributed by atoms with Crippen LogP contribution in [0.15, 0.2) is 54.7 Å². The Kier molecular flexibility index (Phi) is 10.4. The van der Waals surface area contributed by atoms with Crippen molar-refractivity contribution in [3.8, 4) is 11.5 Å². The fourth-order valence-electron chi connectivity index (χ4n) is 5.80. The van der Waals surface area contributed by atoms with Gasteiger partial charge in [-0.25, -0.2) is 4.98 Å². The van der Waals surface area contributed by atoms with Gasteiger partial charge < -0.3 is 35.6 Å². The highest BCUT2D eigenvalue weighted by Gasteiger charge is 2.25. The highest BCUT2D eigenvalue weighted by Crippen LogP contribution is 2.32. The molecule has 1 saturated carbocycles. The Hall–Kier alpha value is -4.35. The molecule has 1 aromatic heterocycles. The minimum Gasteiger partial charge on any atom is -0.493 e. The number of carbonyl (C=O) groups excluding carboxylic acids is 3. The lowest BCUT2D eigenvalue weighted by Crippen LogP contribution is -2.40. The fraction of sp³-hybridized carbons (Fsp3) is 0.394. The van der Waals surface area contributed by atoms with Gasteiger partial charge in [0.05, 0.1) is 31.2 Å². The molecule has 2 aliphatic rings. The van der Waals surface area contributed by atoms with Crippen LogP contribution in [0.25, 0.3) is 0 Å². The zero-order valence-corrected chi connectivity index (χ0v) is 26.3. The van der Waals surface area contributed by atoms with Gasteiger partial charge in [0.1, 0.15) is 5.15 Å². The minimum atomic E-state index is -0.363. The zero-order valence-electron chi connectivity index (χ0n) is 25.6. The second-order valence-corrected chi connectivity index (χ2v) is 11.7. The first-order valence-corrected chi connectivity index (χ1v) is 15.5. The maximum absolute atomic E-state index is 13.5. The number of nitrogens with two attached hydrogens (primary N) is 1. The number of hydrogen-bond acceptors (Lipinski definition) is 8. The number of methoxy groups -OCH3 is 2.